The number of carbonyl (C=O) groups excluding carboxylic acids is 4. The van der Waals surface area contributed by atoms with E-state index in [0.717, 1.165) is 12.2 Å². The minimum Gasteiger partial charge on any atom is -0.387 e. The Balaban J connectivity index is 0.000000418. The second-order valence-corrected chi connectivity index (χ2v) is 4.86. The SMILES string of the molecule is BrI.I.O=C1C=C(c2ccccc2)C(=O)O1.O=C1C=CC(=O)O1.c1ccccc1. The van der Waals surface area contributed by atoms with Crippen LogP contribution in [0.4, 0.5) is 0 Å². The highest BCUT2D eigenvalue weighted by atomic mass is 127. The Kier molecular flexibility index (Phi) is 15.0. The summed E-state index contributed by atoms with van der Waals surface area (Å²) in [5.74, 6) is -2.32. The molecule has 0 saturated heterocycles. The predicted molar refractivity (Wildman–Crippen MR) is 131 cm³/mol. The number of hydrogen-bond donors (Lipinski definition) is 0. The minimum absolute atomic E-state index is 0. The molecule has 9 heteroatoms. The lowest BCUT2D eigenvalue weighted by Gasteiger charge is -1.96. The van der Waals surface area contributed by atoms with Gasteiger partial charge in [0.1, 0.15) is 0 Å². The quantitative estimate of drug-likeness (QED) is 0.244. The molecule has 2 aliphatic heterocycles. The Labute approximate surface area is 204 Å². The monoisotopic (exact) mass is 684 g/mol. The van der Waals surface area contributed by atoms with Gasteiger partial charge in [-0.1, -0.05) is 66.7 Å². The molecule has 152 valence electrons. The molecule has 6 nitrogen and oxygen atoms in total. The summed E-state index contributed by atoms with van der Waals surface area (Å²) < 4.78 is 8.33. The van der Waals surface area contributed by atoms with E-state index in [1.54, 1.807) is 24.3 Å². The molecule has 2 heterocycles. The molecule has 0 fully saturated rings. The first-order valence-electron chi connectivity index (χ1n) is 7.67. The fraction of sp³-hybridized carbons (Fsp3) is 0. The van der Waals surface area contributed by atoms with Crippen LogP contribution in [0.3, 0.4) is 0 Å². The van der Waals surface area contributed by atoms with E-state index in [4.69, 9.17) is 0 Å². The van der Waals surface area contributed by atoms with Gasteiger partial charge in [0.2, 0.25) is 0 Å². The number of hydrogen-bond acceptors (Lipinski definition) is 6. The van der Waals surface area contributed by atoms with E-state index in [-0.39, 0.29) is 24.0 Å². The van der Waals surface area contributed by atoms with Crippen molar-refractivity contribution < 1.29 is 28.7 Å². The van der Waals surface area contributed by atoms with Gasteiger partial charge in [0, 0.05) is 38.6 Å². The van der Waals surface area contributed by atoms with Gasteiger partial charge in [-0.15, -0.1) is 24.0 Å². The Bertz CT molecular complexity index is 824. The number of rotatable bonds is 1. The smallest absolute Gasteiger partial charge is 0.346 e. The molecule has 0 radical (unpaired) electrons. The van der Waals surface area contributed by atoms with Gasteiger partial charge in [-0.3, -0.25) is 0 Å². The number of cyclic esters (lactones) is 4. The predicted octanol–water partition coefficient (Wildman–Crippen LogP) is 4.82. The maximum Gasteiger partial charge on any atom is 0.346 e. The second-order valence-electron chi connectivity index (χ2n) is 4.86. The lowest BCUT2D eigenvalue weighted by atomic mass is 10.1. The van der Waals surface area contributed by atoms with E-state index >= 15 is 0 Å². The zero-order chi connectivity index (χ0) is 20.8. The number of halogens is 3. The van der Waals surface area contributed by atoms with Crippen LogP contribution >= 0.6 is 57.0 Å². The van der Waals surface area contributed by atoms with Crippen LogP contribution in [0.25, 0.3) is 5.57 Å². The van der Waals surface area contributed by atoms with Crippen molar-refractivity contribution in [3.63, 3.8) is 0 Å². The molecule has 0 atom stereocenters. The number of esters is 4. The molecule has 0 aliphatic carbocycles. The summed E-state index contributed by atoms with van der Waals surface area (Å²) in [6.45, 7) is 0. The number of benzene rings is 2. The average Bonchev–Trinajstić information content (AvgIpc) is 3.29. The first kappa shape index (κ1) is 27.1. The summed E-state index contributed by atoms with van der Waals surface area (Å²) in [5.41, 5.74) is 1.03. The molecule has 29 heavy (non-hydrogen) atoms. The second kappa shape index (κ2) is 16.0. The third kappa shape index (κ3) is 11.0. The van der Waals surface area contributed by atoms with Gasteiger partial charge in [-0.2, -0.15) is 0 Å². The third-order valence-corrected chi connectivity index (χ3v) is 2.98. The summed E-state index contributed by atoms with van der Waals surface area (Å²) in [6.07, 6.45) is 3.38. The lowest BCUT2D eigenvalue weighted by Crippen LogP contribution is -2.00. The van der Waals surface area contributed by atoms with E-state index in [1.165, 1.54) is 6.08 Å². The third-order valence-electron chi connectivity index (χ3n) is 2.98. The van der Waals surface area contributed by atoms with Crippen LogP contribution in [0, 0.1) is 0 Å². The van der Waals surface area contributed by atoms with Crippen molar-refractivity contribution in [1.82, 2.24) is 0 Å². The van der Waals surface area contributed by atoms with Gasteiger partial charge >= 0.3 is 23.9 Å². The Morgan fingerprint density at radius 3 is 1.34 bits per heavy atom. The van der Waals surface area contributed by atoms with Crippen molar-refractivity contribution in [2.24, 2.45) is 0 Å². The highest BCUT2D eigenvalue weighted by Gasteiger charge is 2.24. The fourth-order valence-electron chi connectivity index (χ4n) is 1.86. The van der Waals surface area contributed by atoms with Crippen molar-refractivity contribution in [2.75, 3.05) is 0 Å². The van der Waals surface area contributed by atoms with E-state index in [1.807, 2.05) is 62.8 Å². The van der Waals surface area contributed by atoms with Gasteiger partial charge < -0.3 is 9.47 Å². The van der Waals surface area contributed by atoms with Crippen LogP contribution in [0.5, 0.6) is 0 Å². The zero-order valence-corrected chi connectivity index (χ0v) is 20.8. The lowest BCUT2D eigenvalue weighted by molar-refractivity contribution is -0.151. The van der Waals surface area contributed by atoms with Crippen LogP contribution in [-0.4, -0.2) is 23.9 Å². The molecule has 0 unspecified atom stereocenters. The van der Waals surface area contributed by atoms with E-state index in [0.29, 0.717) is 11.1 Å². The van der Waals surface area contributed by atoms with Gasteiger partial charge in [0.15, 0.2) is 0 Å². The van der Waals surface area contributed by atoms with Crippen LogP contribution in [0.2, 0.25) is 0 Å². The Hall–Kier alpha value is -1.86. The number of carbonyl (C=O) groups is 4. The van der Waals surface area contributed by atoms with Gasteiger partial charge in [0.05, 0.1) is 5.57 Å². The maximum absolute atomic E-state index is 11.1. The minimum atomic E-state index is -0.594. The van der Waals surface area contributed by atoms with Crippen molar-refractivity contribution in [3.8, 4) is 0 Å². The topological polar surface area (TPSA) is 86.7 Å². The van der Waals surface area contributed by atoms with Crippen molar-refractivity contribution in [2.45, 2.75) is 0 Å². The standard InChI is InChI=1S/C10H6O3.C6H6.C4H2O3.BrI.HI/c11-9-6-8(10(12)13-9)7-4-2-1-3-5-7;1-2-4-6-5-3-1;5-3-1-2-4(6)7-3;1-2;/h1-6H;1-6H;1-2H;;1H. The summed E-state index contributed by atoms with van der Waals surface area (Å²) in [4.78, 5) is 41.6. The highest BCUT2D eigenvalue weighted by molar-refractivity contribution is 14.2. The van der Waals surface area contributed by atoms with Crippen LogP contribution in [-0.2, 0) is 28.7 Å². The maximum atomic E-state index is 11.1. The van der Waals surface area contributed by atoms with Gasteiger partial charge in [-0.05, 0) is 18.3 Å². The van der Waals surface area contributed by atoms with Crippen molar-refractivity contribution in [3.05, 3.63) is 90.5 Å². The molecule has 0 N–H and O–H groups in total. The van der Waals surface area contributed by atoms with E-state index < -0.39 is 23.9 Å². The van der Waals surface area contributed by atoms with Gasteiger partial charge in [-0.25, -0.2) is 19.2 Å². The van der Waals surface area contributed by atoms with Crippen LogP contribution in [0.15, 0.2) is 85.0 Å². The Morgan fingerprint density at radius 1 is 0.621 bits per heavy atom. The van der Waals surface area contributed by atoms with E-state index in [2.05, 4.69) is 22.2 Å². The summed E-state index contributed by atoms with van der Waals surface area (Å²) in [6, 6.07) is 20.9. The largest absolute Gasteiger partial charge is 0.387 e. The normalized spacial score (nSPS) is 13.1. The molecule has 0 amide bonds. The molecule has 2 aromatic rings. The summed E-state index contributed by atoms with van der Waals surface area (Å²) in [5, 5.41) is 0. The Morgan fingerprint density at radius 2 is 1.03 bits per heavy atom. The molecule has 0 spiro atoms. The first-order valence-corrected chi connectivity index (χ1v) is 12.5. The van der Waals surface area contributed by atoms with Gasteiger partial charge in [0.25, 0.3) is 0 Å². The van der Waals surface area contributed by atoms with Crippen LogP contribution < -0.4 is 0 Å². The molecule has 4 rings (SSSR count). The fourth-order valence-corrected chi connectivity index (χ4v) is 1.86. The zero-order valence-electron chi connectivity index (χ0n) is 14.7. The molecular weight excluding hydrogens is 670 g/mol. The molecule has 0 aromatic heterocycles. The summed E-state index contributed by atoms with van der Waals surface area (Å²) >= 11 is 4.87. The number of ether oxygens (including phenoxy) is 2. The van der Waals surface area contributed by atoms with E-state index in [9.17, 15) is 19.2 Å². The molecule has 2 aliphatic rings. The average molecular weight is 685 g/mol. The molecule has 2 aromatic carbocycles. The molecule has 0 saturated carbocycles. The molecular formula is C20H15BrI2O6. The summed E-state index contributed by atoms with van der Waals surface area (Å²) in [7, 11) is 0. The molecule has 0 bridgehead atoms. The highest BCUT2D eigenvalue weighted by Crippen LogP contribution is 2.20. The first-order chi connectivity index (χ1) is 13.6. The van der Waals surface area contributed by atoms with Crippen molar-refractivity contribution in [1.29, 1.82) is 0 Å². The van der Waals surface area contributed by atoms with Crippen LogP contribution in [0.1, 0.15) is 5.56 Å². The van der Waals surface area contributed by atoms with Crippen molar-refractivity contribution >= 4 is 86.5 Å².